The average molecular weight is 538 g/mol. The van der Waals surface area contributed by atoms with Crippen LogP contribution < -0.4 is 5.56 Å². The third-order valence-electron chi connectivity index (χ3n) is 6.45. The molecule has 0 aliphatic carbocycles. The Kier molecular flexibility index (Phi) is 7.54. The molecule has 0 aliphatic rings. The number of benzene rings is 3. The number of aliphatic imine (C=N–C) groups is 1. The van der Waals surface area contributed by atoms with E-state index in [4.69, 9.17) is 11.6 Å². The Morgan fingerprint density at radius 3 is 2.30 bits per heavy atom. The van der Waals surface area contributed by atoms with Crippen LogP contribution in [0.5, 0.6) is 5.88 Å². The first-order valence-corrected chi connectivity index (χ1v) is 13.7. The molecule has 0 bridgehead atoms. The summed E-state index contributed by atoms with van der Waals surface area (Å²) in [6.07, 6.45) is 1.41. The van der Waals surface area contributed by atoms with E-state index in [1.165, 1.54) is 33.3 Å². The van der Waals surface area contributed by atoms with Crippen LogP contribution in [0.1, 0.15) is 30.5 Å². The second-order valence-electron chi connectivity index (χ2n) is 8.65. The molecular formula is C28H28ClN3O4S. The molecular weight excluding hydrogens is 510 g/mol. The van der Waals surface area contributed by atoms with Crippen LogP contribution in [0.3, 0.4) is 0 Å². The lowest BCUT2D eigenvalue weighted by Crippen LogP contribution is -2.30. The van der Waals surface area contributed by atoms with Crippen LogP contribution in [0, 0.1) is 13.8 Å². The first-order chi connectivity index (χ1) is 17.6. The van der Waals surface area contributed by atoms with Crippen LogP contribution in [-0.2, 0) is 10.0 Å². The van der Waals surface area contributed by atoms with E-state index in [1.54, 1.807) is 44.2 Å². The summed E-state index contributed by atoms with van der Waals surface area (Å²) in [5.74, 6) is -0.279. The molecule has 7 nitrogen and oxygen atoms in total. The average Bonchev–Trinajstić information content (AvgIpc) is 2.87. The fraction of sp³-hybridized carbons (Fsp3) is 0.214. The number of nitrogens with zero attached hydrogens (tertiary/aromatic N) is 3. The third kappa shape index (κ3) is 4.92. The second-order valence-corrected chi connectivity index (χ2v) is 11.0. The highest BCUT2D eigenvalue weighted by Gasteiger charge is 2.22. The largest absolute Gasteiger partial charge is 0.494 e. The van der Waals surface area contributed by atoms with Crippen molar-refractivity contribution in [3.63, 3.8) is 0 Å². The first kappa shape index (κ1) is 26.6. The Morgan fingerprint density at radius 1 is 0.973 bits per heavy atom. The summed E-state index contributed by atoms with van der Waals surface area (Å²) >= 11 is 6.36. The summed E-state index contributed by atoms with van der Waals surface area (Å²) in [5, 5.41) is 12.5. The van der Waals surface area contributed by atoms with Gasteiger partial charge in [0, 0.05) is 30.1 Å². The zero-order valence-corrected chi connectivity index (χ0v) is 22.6. The van der Waals surface area contributed by atoms with Gasteiger partial charge in [-0.05, 0) is 61.4 Å². The summed E-state index contributed by atoms with van der Waals surface area (Å²) in [6, 6.07) is 16.8. The Bertz CT molecular complexity index is 1690. The van der Waals surface area contributed by atoms with Crippen LogP contribution in [0.4, 0.5) is 5.69 Å². The molecule has 0 atom stereocenters. The molecule has 0 unspecified atom stereocenters. The molecule has 0 aliphatic heterocycles. The number of hydrogen-bond donors (Lipinski definition) is 1. The molecule has 0 saturated carbocycles. The SMILES string of the molecule is CCN(CC)S(=O)(=O)c1ccc(Cl)c(N=Cc2c(O)n(-c3ccc(C)c(C)c3)c(=O)c3ccccc23)c1. The minimum Gasteiger partial charge on any atom is -0.494 e. The molecule has 0 saturated heterocycles. The number of aromatic hydroxyl groups is 1. The van der Waals surface area contributed by atoms with Gasteiger partial charge in [-0.1, -0.05) is 49.7 Å². The van der Waals surface area contributed by atoms with E-state index in [9.17, 15) is 18.3 Å². The molecule has 1 N–H and O–H groups in total. The van der Waals surface area contributed by atoms with Crippen molar-refractivity contribution in [1.82, 2.24) is 8.87 Å². The molecule has 9 heteroatoms. The molecule has 1 heterocycles. The summed E-state index contributed by atoms with van der Waals surface area (Å²) in [4.78, 5) is 17.9. The highest BCUT2D eigenvalue weighted by molar-refractivity contribution is 7.89. The molecule has 192 valence electrons. The van der Waals surface area contributed by atoms with E-state index in [1.807, 2.05) is 26.0 Å². The predicted molar refractivity (Wildman–Crippen MR) is 149 cm³/mol. The summed E-state index contributed by atoms with van der Waals surface area (Å²) in [6.45, 7) is 8.12. The Balaban J connectivity index is 1.91. The molecule has 0 fully saturated rings. The van der Waals surface area contributed by atoms with Crippen molar-refractivity contribution in [1.29, 1.82) is 0 Å². The van der Waals surface area contributed by atoms with Gasteiger partial charge < -0.3 is 5.11 Å². The number of hydrogen-bond acceptors (Lipinski definition) is 5. The zero-order chi connectivity index (χ0) is 26.9. The number of aryl methyl sites for hydroxylation is 2. The minimum absolute atomic E-state index is 0.0712. The van der Waals surface area contributed by atoms with Gasteiger partial charge in [-0.2, -0.15) is 4.31 Å². The Labute approximate surface area is 221 Å². The van der Waals surface area contributed by atoms with Gasteiger partial charge in [0.15, 0.2) is 0 Å². The van der Waals surface area contributed by atoms with Crippen molar-refractivity contribution in [3.8, 4) is 11.6 Å². The summed E-state index contributed by atoms with van der Waals surface area (Å²) < 4.78 is 28.6. The lowest BCUT2D eigenvalue weighted by atomic mass is 10.1. The minimum atomic E-state index is -3.72. The van der Waals surface area contributed by atoms with Crippen molar-refractivity contribution in [2.45, 2.75) is 32.6 Å². The maximum Gasteiger partial charge on any atom is 0.265 e. The number of halogens is 1. The molecule has 0 spiro atoms. The van der Waals surface area contributed by atoms with E-state index in [-0.39, 0.29) is 27.0 Å². The Morgan fingerprint density at radius 2 is 1.65 bits per heavy atom. The normalized spacial score (nSPS) is 12.2. The number of sulfonamides is 1. The van der Waals surface area contributed by atoms with Crippen molar-refractivity contribution >= 4 is 44.3 Å². The maximum absolute atomic E-state index is 13.4. The standard InChI is InChI=1S/C28H28ClN3O4S/c1-5-31(6-2)37(35,36)21-13-14-25(29)26(16-21)30-17-24-22-9-7-8-10-23(22)27(33)32(28(24)34)20-12-11-18(3)19(4)15-20/h7-17,34H,5-6H2,1-4H3. The predicted octanol–water partition coefficient (Wildman–Crippen LogP) is 5.75. The molecule has 37 heavy (non-hydrogen) atoms. The van der Waals surface area contributed by atoms with Gasteiger partial charge in [0.25, 0.3) is 5.56 Å². The van der Waals surface area contributed by atoms with Crippen LogP contribution in [-0.4, -0.2) is 41.7 Å². The number of fused-ring (bicyclic) bond motifs is 1. The molecule has 0 radical (unpaired) electrons. The van der Waals surface area contributed by atoms with Crippen LogP contribution >= 0.6 is 11.6 Å². The molecule has 1 aromatic heterocycles. The molecule has 4 rings (SSSR count). The highest BCUT2D eigenvalue weighted by atomic mass is 35.5. The van der Waals surface area contributed by atoms with E-state index < -0.39 is 10.0 Å². The smallest absolute Gasteiger partial charge is 0.265 e. The van der Waals surface area contributed by atoms with E-state index >= 15 is 0 Å². The lowest BCUT2D eigenvalue weighted by Gasteiger charge is -2.18. The summed E-state index contributed by atoms with van der Waals surface area (Å²) in [5.41, 5.74) is 2.73. The topological polar surface area (TPSA) is 92.0 Å². The van der Waals surface area contributed by atoms with Crippen LogP contribution in [0.25, 0.3) is 16.5 Å². The lowest BCUT2D eigenvalue weighted by molar-refractivity contribution is 0.436. The van der Waals surface area contributed by atoms with Crippen LogP contribution in [0.15, 0.2) is 75.3 Å². The monoisotopic (exact) mass is 537 g/mol. The third-order valence-corrected chi connectivity index (χ3v) is 8.81. The Hall–Kier alpha value is -3.46. The van der Waals surface area contributed by atoms with Crippen molar-refractivity contribution in [2.75, 3.05) is 13.1 Å². The van der Waals surface area contributed by atoms with Crippen LogP contribution in [0.2, 0.25) is 5.02 Å². The van der Waals surface area contributed by atoms with E-state index in [0.29, 0.717) is 35.1 Å². The fourth-order valence-corrected chi connectivity index (χ4v) is 5.84. The maximum atomic E-state index is 13.4. The second kappa shape index (κ2) is 10.5. The van der Waals surface area contributed by atoms with E-state index in [2.05, 4.69) is 4.99 Å². The van der Waals surface area contributed by atoms with Gasteiger partial charge in [-0.3, -0.25) is 9.79 Å². The van der Waals surface area contributed by atoms with Gasteiger partial charge >= 0.3 is 0 Å². The summed E-state index contributed by atoms with van der Waals surface area (Å²) in [7, 11) is -3.72. The van der Waals surface area contributed by atoms with Gasteiger partial charge in [0.1, 0.15) is 0 Å². The van der Waals surface area contributed by atoms with Gasteiger partial charge in [-0.25, -0.2) is 13.0 Å². The number of aromatic nitrogens is 1. The van der Waals surface area contributed by atoms with Crippen molar-refractivity contribution in [3.05, 3.63) is 92.7 Å². The van der Waals surface area contributed by atoms with Crippen molar-refractivity contribution in [2.24, 2.45) is 4.99 Å². The van der Waals surface area contributed by atoms with Gasteiger partial charge in [0.05, 0.1) is 26.9 Å². The fourth-order valence-electron chi connectivity index (χ4n) is 4.19. The number of rotatable bonds is 7. The molecule has 0 amide bonds. The number of pyridine rings is 1. The quantitative estimate of drug-likeness (QED) is 0.304. The van der Waals surface area contributed by atoms with Gasteiger partial charge in [-0.15, -0.1) is 0 Å². The van der Waals surface area contributed by atoms with Crippen molar-refractivity contribution < 1.29 is 13.5 Å². The molecule has 4 aromatic rings. The first-order valence-electron chi connectivity index (χ1n) is 11.9. The zero-order valence-electron chi connectivity index (χ0n) is 21.1. The van der Waals surface area contributed by atoms with Gasteiger partial charge in [0.2, 0.25) is 15.9 Å². The van der Waals surface area contributed by atoms with E-state index in [0.717, 1.165) is 11.1 Å². The molecule has 3 aromatic carbocycles. The highest BCUT2D eigenvalue weighted by Crippen LogP contribution is 2.31.